The molecule has 0 N–H and O–H groups in total. The summed E-state index contributed by atoms with van der Waals surface area (Å²) in [4.78, 5) is 0. The Kier molecular flexibility index (Phi) is 4.30. The fourth-order valence-electron chi connectivity index (χ4n) is 2.60. The first-order valence-corrected chi connectivity index (χ1v) is 10.3. The Morgan fingerprint density at radius 2 is 1.65 bits per heavy atom. The molecular formula is C14H24O2Si. The van der Waals surface area contributed by atoms with Gasteiger partial charge in [-0.3, -0.25) is 0 Å². The highest BCUT2D eigenvalue weighted by Gasteiger charge is 2.34. The van der Waals surface area contributed by atoms with Gasteiger partial charge in [-0.25, -0.2) is 0 Å². The van der Waals surface area contributed by atoms with Crippen molar-refractivity contribution in [3.63, 3.8) is 0 Å². The summed E-state index contributed by atoms with van der Waals surface area (Å²) in [5.74, 6) is 4.55. The largest absolute Gasteiger partial charge is 0.350 e. The van der Waals surface area contributed by atoms with Crippen molar-refractivity contribution in [2.24, 2.45) is 11.8 Å². The number of ether oxygens (including phenoxy) is 2. The molecular weight excluding hydrogens is 228 g/mol. The van der Waals surface area contributed by atoms with Gasteiger partial charge in [-0.1, -0.05) is 32.5 Å². The van der Waals surface area contributed by atoms with E-state index in [0.29, 0.717) is 11.8 Å². The summed E-state index contributed by atoms with van der Waals surface area (Å²) in [5.41, 5.74) is 3.52. The molecule has 0 aromatic carbocycles. The molecule has 1 aliphatic carbocycles. The van der Waals surface area contributed by atoms with E-state index in [1.807, 2.05) is 0 Å². The van der Waals surface area contributed by atoms with Crippen molar-refractivity contribution in [3.05, 3.63) is 0 Å². The van der Waals surface area contributed by atoms with Crippen LogP contribution in [-0.4, -0.2) is 27.6 Å². The molecule has 2 nitrogen and oxygen atoms in total. The average molecular weight is 252 g/mol. The number of hydrogen-bond donors (Lipinski definition) is 0. The summed E-state index contributed by atoms with van der Waals surface area (Å²) in [6.45, 7) is 8.44. The van der Waals surface area contributed by atoms with E-state index in [0.717, 1.165) is 13.2 Å². The molecule has 0 unspecified atom stereocenters. The van der Waals surface area contributed by atoms with Crippen LogP contribution < -0.4 is 0 Å². The van der Waals surface area contributed by atoms with Crippen molar-refractivity contribution in [1.82, 2.24) is 0 Å². The Morgan fingerprint density at radius 3 is 2.29 bits per heavy atom. The predicted octanol–water partition coefficient (Wildman–Crippen LogP) is 3.05. The van der Waals surface area contributed by atoms with E-state index < -0.39 is 8.07 Å². The van der Waals surface area contributed by atoms with Gasteiger partial charge < -0.3 is 9.47 Å². The molecule has 17 heavy (non-hydrogen) atoms. The van der Waals surface area contributed by atoms with Crippen LogP contribution in [0.4, 0.5) is 0 Å². The average Bonchev–Trinajstić information content (AvgIpc) is 2.79. The van der Waals surface area contributed by atoms with Crippen molar-refractivity contribution in [1.29, 1.82) is 0 Å². The Morgan fingerprint density at radius 1 is 1.00 bits per heavy atom. The molecule has 2 aliphatic rings. The maximum atomic E-state index is 5.68. The lowest BCUT2D eigenvalue weighted by molar-refractivity contribution is -0.101. The summed E-state index contributed by atoms with van der Waals surface area (Å²) in [6, 6.07) is 0. The minimum absolute atomic E-state index is 0.0243. The van der Waals surface area contributed by atoms with E-state index in [2.05, 4.69) is 31.1 Å². The first-order valence-electron chi connectivity index (χ1n) is 6.82. The first-order chi connectivity index (χ1) is 8.06. The zero-order valence-corrected chi connectivity index (χ0v) is 12.3. The van der Waals surface area contributed by atoms with Gasteiger partial charge in [-0.2, -0.15) is 0 Å². The van der Waals surface area contributed by atoms with Gasteiger partial charge in [-0.15, -0.1) is 11.5 Å². The molecule has 2 fully saturated rings. The van der Waals surface area contributed by atoms with Crippen molar-refractivity contribution in [2.75, 3.05) is 13.2 Å². The van der Waals surface area contributed by atoms with Crippen LogP contribution in [0.5, 0.6) is 0 Å². The van der Waals surface area contributed by atoms with Crippen LogP contribution in [0, 0.1) is 23.3 Å². The molecule has 1 aliphatic heterocycles. The van der Waals surface area contributed by atoms with Gasteiger partial charge in [0.05, 0.1) is 13.2 Å². The van der Waals surface area contributed by atoms with E-state index in [1.54, 1.807) is 0 Å². The van der Waals surface area contributed by atoms with E-state index in [1.165, 1.54) is 25.7 Å². The smallest absolute Gasteiger partial charge is 0.161 e. The van der Waals surface area contributed by atoms with Gasteiger partial charge in [0.25, 0.3) is 0 Å². The second kappa shape index (κ2) is 5.56. The lowest BCUT2D eigenvalue weighted by atomic mass is 9.79. The third-order valence-electron chi connectivity index (χ3n) is 3.45. The molecule has 0 aromatic rings. The minimum Gasteiger partial charge on any atom is -0.350 e. The summed E-state index contributed by atoms with van der Waals surface area (Å²) >= 11 is 0. The maximum Gasteiger partial charge on any atom is 0.161 e. The molecule has 2 rings (SSSR count). The van der Waals surface area contributed by atoms with Crippen molar-refractivity contribution in [3.8, 4) is 11.5 Å². The van der Waals surface area contributed by atoms with Crippen LogP contribution in [0.15, 0.2) is 0 Å². The van der Waals surface area contributed by atoms with Crippen LogP contribution in [-0.2, 0) is 9.47 Å². The summed E-state index contributed by atoms with van der Waals surface area (Å²) in [5, 5.41) is 0. The maximum absolute atomic E-state index is 5.68. The Balaban J connectivity index is 2.03. The Bertz CT molecular complexity index is 304. The van der Waals surface area contributed by atoms with Gasteiger partial charge in [0.15, 0.2) is 6.29 Å². The molecule has 0 spiro atoms. The predicted molar refractivity (Wildman–Crippen MR) is 72.3 cm³/mol. The zero-order valence-electron chi connectivity index (χ0n) is 11.3. The van der Waals surface area contributed by atoms with Crippen LogP contribution in [0.2, 0.25) is 19.6 Å². The second-order valence-corrected chi connectivity index (χ2v) is 10.9. The zero-order chi connectivity index (χ0) is 12.3. The number of rotatable bonds is 1. The standard InChI is InChI=1S/C14H24O2Si/c1-17(2,3)11-8-12-6-4-5-7-13(12)14-15-9-10-16-14/h12-14H,4-7,9-10H2,1-3H3/t12-,13+/m1/s1. The third-order valence-corrected chi connectivity index (χ3v) is 4.34. The Labute approximate surface area is 106 Å². The van der Waals surface area contributed by atoms with E-state index >= 15 is 0 Å². The molecule has 1 saturated carbocycles. The normalized spacial score (nSPS) is 31.0. The highest BCUT2D eigenvalue weighted by molar-refractivity contribution is 6.83. The summed E-state index contributed by atoms with van der Waals surface area (Å²) in [7, 11) is -1.25. The summed E-state index contributed by atoms with van der Waals surface area (Å²) < 4.78 is 11.4. The van der Waals surface area contributed by atoms with Crippen LogP contribution >= 0.6 is 0 Å². The number of hydrogen-bond acceptors (Lipinski definition) is 2. The monoisotopic (exact) mass is 252 g/mol. The fourth-order valence-corrected chi connectivity index (χ4v) is 3.22. The summed E-state index contributed by atoms with van der Waals surface area (Å²) in [6.07, 6.45) is 5.09. The molecule has 0 radical (unpaired) electrons. The highest BCUT2D eigenvalue weighted by atomic mass is 28.3. The molecule has 0 amide bonds. The molecule has 1 saturated heterocycles. The van der Waals surface area contributed by atoms with Gasteiger partial charge in [0, 0.05) is 11.8 Å². The van der Waals surface area contributed by atoms with E-state index in [9.17, 15) is 0 Å². The second-order valence-electron chi connectivity index (χ2n) is 6.18. The molecule has 0 aromatic heterocycles. The van der Waals surface area contributed by atoms with Gasteiger partial charge in [0.2, 0.25) is 0 Å². The third kappa shape index (κ3) is 3.84. The molecule has 96 valence electrons. The van der Waals surface area contributed by atoms with Crippen molar-refractivity contribution >= 4 is 8.07 Å². The fraction of sp³-hybridized carbons (Fsp3) is 0.857. The lowest BCUT2D eigenvalue weighted by Gasteiger charge is -2.31. The van der Waals surface area contributed by atoms with Gasteiger partial charge in [0.1, 0.15) is 8.07 Å². The molecule has 0 bridgehead atoms. The molecule has 1 heterocycles. The van der Waals surface area contributed by atoms with E-state index in [-0.39, 0.29) is 6.29 Å². The highest BCUT2D eigenvalue weighted by Crippen LogP contribution is 2.35. The lowest BCUT2D eigenvalue weighted by Crippen LogP contribution is -2.31. The van der Waals surface area contributed by atoms with Crippen LogP contribution in [0.25, 0.3) is 0 Å². The van der Waals surface area contributed by atoms with Gasteiger partial charge in [-0.05, 0) is 12.8 Å². The first kappa shape index (κ1) is 13.1. The topological polar surface area (TPSA) is 18.5 Å². The van der Waals surface area contributed by atoms with Gasteiger partial charge >= 0.3 is 0 Å². The van der Waals surface area contributed by atoms with Crippen LogP contribution in [0.3, 0.4) is 0 Å². The quantitative estimate of drug-likeness (QED) is 0.527. The molecule has 3 heteroatoms. The SMILES string of the molecule is C[Si](C)(C)C#C[C@H]1CCCC[C@@H]1C1OCCO1. The van der Waals surface area contributed by atoms with Crippen LogP contribution in [0.1, 0.15) is 25.7 Å². The molecule has 2 atom stereocenters. The van der Waals surface area contributed by atoms with E-state index in [4.69, 9.17) is 9.47 Å². The van der Waals surface area contributed by atoms with Crippen molar-refractivity contribution < 1.29 is 9.47 Å². The van der Waals surface area contributed by atoms with Crippen molar-refractivity contribution in [2.45, 2.75) is 51.6 Å². The Hall–Kier alpha value is -0.303. The minimum atomic E-state index is -1.25.